The van der Waals surface area contributed by atoms with Gasteiger partial charge in [0.15, 0.2) is 0 Å². The average Bonchev–Trinajstić information content (AvgIpc) is 3.50. The summed E-state index contributed by atoms with van der Waals surface area (Å²) in [5.74, 6) is 0. The fraction of sp³-hybridized carbons (Fsp3) is 0. The molecule has 0 fully saturated rings. The van der Waals surface area contributed by atoms with Crippen LogP contribution in [0.4, 0.5) is 0 Å². The summed E-state index contributed by atoms with van der Waals surface area (Å²) in [4.78, 5) is 18.1. The van der Waals surface area contributed by atoms with E-state index in [0.717, 1.165) is 60.2 Å². The molecule has 9 rings (SSSR count). The van der Waals surface area contributed by atoms with Crippen LogP contribution >= 0.6 is 7.49 Å². The van der Waals surface area contributed by atoms with Crippen LogP contribution in [0, 0.1) is 0 Å². The van der Waals surface area contributed by atoms with E-state index in [0.29, 0.717) is 0 Å². The fourth-order valence-corrected chi connectivity index (χ4v) is 10.3. The van der Waals surface area contributed by atoms with Gasteiger partial charge in [0.25, 0.3) is 0 Å². The Labute approximate surface area is 273 Å². The summed E-state index contributed by atoms with van der Waals surface area (Å²) in [6, 6.07) is 60.9. The molecular formula is C43H31N2OP. The van der Waals surface area contributed by atoms with Gasteiger partial charge < -0.3 is 0 Å². The van der Waals surface area contributed by atoms with E-state index >= 15 is 0 Å². The van der Waals surface area contributed by atoms with Crippen LogP contribution in [0.1, 0.15) is 0 Å². The molecule has 224 valence electrons. The Morgan fingerprint density at radius 1 is 0.468 bits per heavy atom. The van der Waals surface area contributed by atoms with Gasteiger partial charge in [-0.25, -0.2) is 0 Å². The molecule has 2 aromatic heterocycles. The van der Waals surface area contributed by atoms with Crippen molar-refractivity contribution in [3.8, 4) is 16.9 Å². The van der Waals surface area contributed by atoms with Gasteiger partial charge in [-0.05, 0) is 0 Å². The van der Waals surface area contributed by atoms with Gasteiger partial charge in [0.05, 0.1) is 0 Å². The molecule has 0 aliphatic heterocycles. The zero-order valence-corrected chi connectivity index (χ0v) is 26.6. The summed E-state index contributed by atoms with van der Waals surface area (Å²) in [5.41, 5.74) is 6.31. The Bertz CT molecular complexity index is 2540. The first-order valence-electron chi connectivity index (χ1n) is 16.0. The van der Waals surface area contributed by atoms with E-state index in [4.69, 9.17) is 4.98 Å². The number of hydrogen-bond acceptors (Lipinski definition) is 2. The van der Waals surface area contributed by atoms with Gasteiger partial charge in [-0.15, -0.1) is 0 Å². The average molecular weight is 623 g/mol. The minimum atomic E-state index is -3.33. The molecule has 7 aromatic carbocycles. The van der Waals surface area contributed by atoms with Gasteiger partial charge in [-0.1, -0.05) is 0 Å². The zero-order chi connectivity index (χ0) is 31.4. The van der Waals surface area contributed by atoms with Crippen molar-refractivity contribution < 1.29 is 4.89 Å². The maximum absolute atomic E-state index is 12.9. The van der Waals surface area contributed by atoms with Crippen LogP contribution in [-0.4, -0.2) is 14.4 Å². The first kappa shape index (κ1) is 27.7. The van der Waals surface area contributed by atoms with Crippen molar-refractivity contribution in [2.24, 2.45) is 0 Å². The molecule has 0 unspecified atom stereocenters. The van der Waals surface area contributed by atoms with E-state index < -0.39 is 7.49 Å². The first-order chi connectivity index (χ1) is 23.2. The number of rotatable bonds is 5. The Morgan fingerprint density at radius 3 is 1.77 bits per heavy atom. The Kier molecular flexibility index (Phi) is 6.50. The van der Waals surface area contributed by atoms with Crippen LogP contribution in [-0.2, 0) is 0 Å². The third kappa shape index (κ3) is 4.32. The predicted molar refractivity (Wildman–Crippen MR) is 201 cm³/mol. The van der Waals surface area contributed by atoms with Crippen LogP contribution < -0.4 is 15.9 Å². The van der Waals surface area contributed by atoms with Crippen LogP contribution in [0.15, 0.2) is 176 Å². The standard InChI is InChI=1S/C43H31N2OP/c46-47(32-18-6-2-7-19-32,33-20-8-3-9-21-33)34-22-14-17-31(29-34)45-40-26-13-11-23-35(40)36-27-28-38-41(43(36)45)37-24-10-12-25-39(37)44-42(38)30-15-4-1-5-16-30/h1-29,46-47H. The molecule has 9 aromatic rings. The van der Waals surface area contributed by atoms with E-state index in [-0.39, 0.29) is 0 Å². The number of pyridine rings is 1. The van der Waals surface area contributed by atoms with Crippen molar-refractivity contribution in [1.29, 1.82) is 0 Å². The Hall–Kier alpha value is -5.60. The van der Waals surface area contributed by atoms with Crippen molar-refractivity contribution in [2.75, 3.05) is 0 Å². The molecule has 0 spiro atoms. The molecule has 2 heterocycles. The summed E-state index contributed by atoms with van der Waals surface area (Å²) >= 11 is 0. The topological polar surface area (TPSA) is 38.0 Å². The van der Waals surface area contributed by atoms with Crippen molar-refractivity contribution in [3.05, 3.63) is 176 Å². The molecule has 0 amide bonds. The molecule has 1 N–H and O–H groups in total. The number of fused-ring (bicyclic) bond motifs is 7. The zero-order valence-electron chi connectivity index (χ0n) is 25.6. The molecule has 0 bridgehead atoms. The third-order valence-corrected chi connectivity index (χ3v) is 12.9. The summed E-state index contributed by atoms with van der Waals surface area (Å²) in [6.45, 7) is 0. The number of benzene rings is 7. The summed E-state index contributed by atoms with van der Waals surface area (Å²) in [7, 11) is -3.33. The molecule has 0 atom stereocenters. The monoisotopic (exact) mass is 622 g/mol. The van der Waals surface area contributed by atoms with Crippen LogP contribution in [0.2, 0.25) is 0 Å². The fourth-order valence-electron chi connectivity index (χ4n) is 7.30. The van der Waals surface area contributed by atoms with E-state index in [1.165, 1.54) is 16.2 Å². The van der Waals surface area contributed by atoms with Gasteiger partial charge in [0.2, 0.25) is 0 Å². The molecule has 0 saturated carbocycles. The normalized spacial score (nSPS) is 12.3. The maximum atomic E-state index is 12.9. The number of nitrogens with zero attached hydrogens (tertiary/aromatic N) is 2. The Morgan fingerprint density at radius 2 is 1.04 bits per heavy atom. The molecule has 47 heavy (non-hydrogen) atoms. The predicted octanol–water partition coefficient (Wildman–Crippen LogP) is 9.09. The molecule has 4 heteroatoms. The van der Waals surface area contributed by atoms with Crippen molar-refractivity contribution in [1.82, 2.24) is 9.55 Å². The molecule has 0 aliphatic carbocycles. The molecule has 0 saturated heterocycles. The second-order valence-corrected chi connectivity index (χ2v) is 15.2. The van der Waals surface area contributed by atoms with E-state index in [1.54, 1.807) is 0 Å². The summed E-state index contributed by atoms with van der Waals surface area (Å²) < 4.78 is 2.39. The first-order valence-corrected chi connectivity index (χ1v) is 17.9. The Balaban J connectivity index is 1.41. The van der Waals surface area contributed by atoms with Crippen LogP contribution in [0.5, 0.6) is 0 Å². The molecule has 0 aliphatic rings. The SMILES string of the molecule is O[PH](c1ccccc1)(c1ccccc1)c1cccc(-n2c3ccccc3c3ccc4c(-c5ccccc5)nc5ccccc5c4c32)c1. The van der Waals surface area contributed by atoms with Crippen LogP contribution in [0.25, 0.3) is 60.4 Å². The van der Waals surface area contributed by atoms with E-state index in [9.17, 15) is 4.89 Å². The minimum absolute atomic E-state index is 0.940. The van der Waals surface area contributed by atoms with E-state index in [2.05, 4.69) is 138 Å². The van der Waals surface area contributed by atoms with Gasteiger partial charge in [0.1, 0.15) is 0 Å². The van der Waals surface area contributed by atoms with Gasteiger partial charge in [-0.3, -0.25) is 0 Å². The van der Waals surface area contributed by atoms with Gasteiger partial charge in [0, 0.05) is 0 Å². The molecule has 3 nitrogen and oxygen atoms in total. The number of hydrogen-bond donors (Lipinski definition) is 1. The number of para-hydroxylation sites is 2. The summed E-state index contributed by atoms with van der Waals surface area (Å²) in [6.07, 6.45) is 0. The molecule has 0 radical (unpaired) electrons. The van der Waals surface area contributed by atoms with Gasteiger partial charge >= 0.3 is 274 Å². The number of aromatic nitrogens is 2. The van der Waals surface area contributed by atoms with Crippen LogP contribution in [0.3, 0.4) is 0 Å². The van der Waals surface area contributed by atoms with E-state index in [1.807, 2.05) is 42.5 Å². The van der Waals surface area contributed by atoms with Crippen molar-refractivity contribution >= 4 is 66.9 Å². The second kappa shape index (κ2) is 11.0. The quantitative estimate of drug-likeness (QED) is 0.154. The molecular weight excluding hydrogens is 591 g/mol. The van der Waals surface area contributed by atoms with Crippen molar-refractivity contribution in [2.45, 2.75) is 0 Å². The summed E-state index contributed by atoms with van der Waals surface area (Å²) in [5, 5.41) is 8.64. The third-order valence-electron chi connectivity index (χ3n) is 9.45. The van der Waals surface area contributed by atoms with Crippen molar-refractivity contribution in [3.63, 3.8) is 0 Å². The second-order valence-electron chi connectivity index (χ2n) is 12.1. The van der Waals surface area contributed by atoms with Gasteiger partial charge in [-0.2, -0.15) is 0 Å².